The minimum absolute atomic E-state index is 0.0237. The molecule has 0 radical (unpaired) electrons. The molecule has 1 unspecified atom stereocenters. The molecule has 2 fully saturated rings. The average Bonchev–Trinajstić information content (AvgIpc) is 3.23. The van der Waals surface area contributed by atoms with Gasteiger partial charge in [0.15, 0.2) is 0 Å². The molecule has 160 valence electrons. The molecule has 6 nitrogen and oxygen atoms in total. The van der Waals surface area contributed by atoms with Crippen molar-refractivity contribution < 1.29 is 17.9 Å². The third-order valence-electron chi connectivity index (χ3n) is 5.83. The number of nitrogens with zero attached hydrogens (tertiary/aromatic N) is 2. The van der Waals surface area contributed by atoms with Gasteiger partial charge in [-0.15, -0.1) is 0 Å². The molecule has 0 spiro atoms. The van der Waals surface area contributed by atoms with Gasteiger partial charge < -0.3 is 9.64 Å². The third-order valence-corrected chi connectivity index (χ3v) is 7.73. The first-order valence-corrected chi connectivity index (χ1v) is 11.9. The fraction of sp³-hybridized carbons (Fsp3) is 0.435. The highest BCUT2D eigenvalue weighted by Crippen LogP contribution is 2.34. The van der Waals surface area contributed by atoms with E-state index in [0.717, 1.165) is 18.4 Å². The predicted octanol–water partition coefficient (Wildman–Crippen LogP) is 3.30. The van der Waals surface area contributed by atoms with Crippen LogP contribution in [0.1, 0.15) is 45.9 Å². The number of aryl methyl sites for hydroxylation is 2. The number of sulfonamides is 1. The van der Waals surface area contributed by atoms with Gasteiger partial charge in [0, 0.05) is 25.2 Å². The molecule has 2 saturated heterocycles. The van der Waals surface area contributed by atoms with Crippen LogP contribution in [0.25, 0.3) is 0 Å². The number of hydrogen-bond acceptors (Lipinski definition) is 4. The van der Waals surface area contributed by atoms with E-state index < -0.39 is 10.0 Å². The van der Waals surface area contributed by atoms with Gasteiger partial charge >= 0.3 is 0 Å². The molecular weight excluding hydrogens is 400 g/mol. The molecule has 0 bridgehead atoms. The number of carbonyl (C=O) groups excluding carboxylic acids is 1. The van der Waals surface area contributed by atoms with Gasteiger partial charge in [-0.3, -0.25) is 4.79 Å². The van der Waals surface area contributed by atoms with Gasteiger partial charge in [-0.05, 0) is 50.5 Å². The van der Waals surface area contributed by atoms with Gasteiger partial charge in [0.05, 0.1) is 24.2 Å². The van der Waals surface area contributed by atoms with E-state index in [2.05, 4.69) is 32.0 Å². The Bertz CT molecular complexity index is 1020. The van der Waals surface area contributed by atoms with Crippen molar-refractivity contribution in [2.75, 3.05) is 32.8 Å². The molecule has 1 atom stereocenters. The SMILES string of the molecule is Cc1cc(C)cc(C2CCCN2C(=O)c2cccc(S(=O)(=O)N3CCOCC3)c2)c1. The zero-order chi connectivity index (χ0) is 21.3. The summed E-state index contributed by atoms with van der Waals surface area (Å²) in [5, 5.41) is 0. The van der Waals surface area contributed by atoms with Gasteiger partial charge in [-0.2, -0.15) is 4.31 Å². The molecule has 4 rings (SSSR count). The van der Waals surface area contributed by atoms with Crippen LogP contribution < -0.4 is 0 Å². The Morgan fingerprint density at radius 3 is 2.40 bits per heavy atom. The zero-order valence-corrected chi connectivity index (χ0v) is 18.3. The van der Waals surface area contributed by atoms with E-state index in [4.69, 9.17) is 4.74 Å². The molecule has 30 heavy (non-hydrogen) atoms. The van der Waals surface area contributed by atoms with E-state index in [1.165, 1.54) is 21.5 Å². The van der Waals surface area contributed by atoms with E-state index in [1.54, 1.807) is 18.2 Å². The second-order valence-electron chi connectivity index (χ2n) is 8.12. The minimum atomic E-state index is -3.64. The Morgan fingerprint density at radius 2 is 1.70 bits per heavy atom. The van der Waals surface area contributed by atoms with E-state index in [9.17, 15) is 13.2 Å². The first-order chi connectivity index (χ1) is 14.4. The number of likely N-dealkylation sites (tertiary alicyclic amines) is 1. The lowest BCUT2D eigenvalue weighted by molar-refractivity contribution is 0.0727. The predicted molar refractivity (Wildman–Crippen MR) is 115 cm³/mol. The van der Waals surface area contributed by atoms with Crippen LogP contribution in [0.15, 0.2) is 47.4 Å². The monoisotopic (exact) mass is 428 g/mol. The Kier molecular flexibility index (Phi) is 5.95. The van der Waals surface area contributed by atoms with E-state index >= 15 is 0 Å². The first kappa shape index (κ1) is 21.0. The van der Waals surface area contributed by atoms with E-state index in [1.807, 2.05) is 4.90 Å². The second-order valence-corrected chi connectivity index (χ2v) is 10.1. The Morgan fingerprint density at radius 1 is 1.00 bits per heavy atom. The molecule has 0 saturated carbocycles. The van der Waals surface area contributed by atoms with Crippen molar-refractivity contribution in [2.45, 2.75) is 37.6 Å². The summed E-state index contributed by atoms with van der Waals surface area (Å²) in [6.45, 7) is 6.27. The molecule has 2 aliphatic heterocycles. The number of rotatable bonds is 4. The second kappa shape index (κ2) is 8.49. The molecular formula is C23H28N2O4S. The van der Waals surface area contributed by atoms with Gasteiger partial charge in [-0.25, -0.2) is 8.42 Å². The summed E-state index contributed by atoms with van der Waals surface area (Å²) < 4.78 is 32.7. The van der Waals surface area contributed by atoms with Gasteiger partial charge in [0.25, 0.3) is 5.91 Å². The van der Waals surface area contributed by atoms with Crippen LogP contribution in [0.4, 0.5) is 0 Å². The van der Waals surface area contributed by atoms with Crippen LogP contribution in [0, 0.1) is 13.8 Å². The number of morpholine rings is 1. The lowest BCUT2D eigenvalue weighted by Gasteiger charge is -2.27. The topological polar surface area (TPSA) is 66.9 Å². The first-order valence-electron chi connectivity index (χ1n) is 10.4. The molecule has 2 heterocycles. The third kappa shape index (κ3) is 4.15. The van der Waals surface area contributed by atoms with Crippen molar-refractivity contribution in [1.82, 2.24) is 9.21 Å². The highest BCUT2D eigenvalue weighted by molar-refractivity contribution is 7.89. The zero-order valence-electron chi connectivity index (χ0n) is 17.5. The summed E-state index contributed by atoms with van der Waals surface area (Å²) in [5.74, 6) is -0.115. The van der Waals surface area contributed by atoms with Crippen molar-refractivity contribution >= 4 is 15.9 Å². The highest BCUT2D eigenvalue weighted by Gasteiger charge is 2.32. The van der Waals surface area contributed by atoms with E-state index in [0.29, 0.717) is 38.4 Å². The fourth-order valence-electron chi connectivity index (χ4n) is 4.45. The van der Waals surface area contributed by atoms with Crippen molar-refractivity contribution in [3.05, 3.63) is 64.7 Å². The van der Waals surface area contributed by atoms with Crippen LogP contribution in [0.2, 0.25) is 0 Å². The molecule has 0 aromatic heterocycles. The maximum absolute atomic E-state index is 13.4. The normalized spacial score (nSPS) is 20.5. The molecule has 1 amide bonds. The molecule has 0 aliphatic carbocycles. The maximum Gasteiger partial charge on any atom is 0.254 e. The lowest BCUT2D eigenvalue weighted by atomic mass is 9.99. The van der Waals surface area contributed by atoms with Crippen molar-refractivity contribution in [3.63, 3.8) is 0 Å². The minimum Gasteiger partial charge on any atom is -0.379 e. The van der Waals surface area contributed by atoms with Gasteiger partial charge in [0.1, 0.15) is 0 Å². The average molecular weight is 429 g/mol. The van der Waals surface area contributed by atoms with Crippen molar-refractivity contribution in [2.24, 2.45) is 0 Å². The number of ether oxygens (including phenoxy) is 1. The quantitative estimate of drug-likeness (QED) is 0.749. The van der Waals surface area contributed by atoms with Gasteiger partial charge in [-0.1, -0.05) is 35.4 Å². The summed E-state index contributed by atoms with van der Waals surface area (Å²) in [6, 6.07) is 12.9. The van der Waals surface area contributed by atoms with Crippen LogP contribution in [-0.4, -0.2) is 56.4 Å². The van der Waals surface area contributed by atoms with Gasteiger partial charge in [0.2, 0.25) is 10.0 Å². The Labute approximate surface area is 178 Å². The largest absolute Gasteiger partial charge is 0.379 e. The lowest BCUT2D eigenvalue weighted by Crippen LogP contribution is -2.40. The van der Waals surface area contributed by atoms with Crippen molar-refractivity contribution in [1.29, 1.82) is 0 Å². The number of carbonyl (C=O) groups is 1. The highest BCUT2D eigenvalue weighted by atomic mass is 32.2. The summed E-state index contributed by atoms with van der Waals surface area (Å²) in [4.78, 5) is 15.4. The van der Waals surface area contributed by atoms with Crippen LogP contribution in [-0.2, 0) is 14.8 Å². The van der Waals surface area contributed by atoms with Crippen molar-refractivity contribution in [3.8, 4) is 0 Å². The van der Waals surface area contributed by atoms with Crippen LogP contribution >= 0.6 is 0 Å². The standard InChI is InChI=1S/C23H28N2O4S/c1-17-13-18(2)15-20(14-17)22-7-4-8-25(22)23(26)19-5-3-6-21(16-19)30(27,28)24-9-11-29-12-10-24/h3,5-6,13-16,22H,4,7-12H2,1-2H3. The summed E-state index contributed by atoms with van der Waals surface area (Å²) in [5.41, 5.74) is 3.93. The molecule has 2 aliphatic rings. The maximum atomic E-state index is 13.4. The number of amides is 1. The van der Waals surface area contributed by atoms with Crippen LogP contribution in [0.5, 0.6) is 0 Å². The van der Waals surface area contributed by atoms with Crippen LogP contribution in [0.3, 0.4) is 0 Å². The summed E-state index contributed by atoms with van der Waals surface area (Å²) >= 11 is 0. The van der Waals surface area contributed by atoms with E-state index in [-0.39, 0.29) is 16.8 Å². The smallest absolute Gasteiger partial charge is 0.254 e. The Hall–Kier alpha value is -2.22. The fourth-order valence-corrected chi connectivity index (χ4v) is 5.90. The summed E-state index contributed by atoms with van der Waals surface area (Å²) in [6.07, 6.45) is 1.86. The number of hydrogen-bond donors (Lipinski definition) is 0. The molecule has 2 aromatic rings. The molecule has 0 N–H and O–H groups in total. The summed E-state index contributed by atoms with van der Waals surface area (Å²) in [7, 11) is -3.64. The number of benzene rings is 2. The molecule has 7 heteroatoms. The Balaban J connectivity index is 1.61. The molecule has 2 aromatic carbocycles.